The summed E-state index contributed by atoms with van der Waals surface area (Å²) in [5, 5.41) is 13.0. The number of carbonyl (C=O) groups excluding carboxylic acids is 1. The number of likely N-dealkylation sites (tertiary alicyclic amines) is 1. The fourth-order valence-corrected chi connectivity index (χ4v) is 3.69. The molecule has 1 amide bonds. The van der Waals surface area contributed by atoms with Crippen LogP contribution in [0.3, 0.4) is 0 Å². The molecule has 0 aromatic heterocycles. The number of carbonyl (C=O) groups is 1. The Labute approximate surface area is 143 Å². The van der Waals surface area contributed by atoms with Crippen molar-refractivity contribution in [1.29, 1.82) is 0 Å². The van der Waals surface area contributed by atoms with Crippen molar-refractivity contribution in [3.8, 4) is 0 Å². The van der Waals surface area contributed by atoms with Gasteiger partial charge < -0.3 is 15.7 Å². The molecule has 2 aromatic rings. The third kappa shape index (κ3) is 4.13. The highest BCUT2D eigenvalue weighted by Gasteiger charge is 2.22. The van der Waals surface area contributed by atoms with Crippen molar-refractivity contribution >= 4 is 16.7 Å². The molecule has 1 fully saturated rings. The van der Waals surface area contributed by atoms with Gasteiger partial charge in [-0.2, -0.15) is 0 Å². The van der Waals surface area contributed by atoms with Gasteiger partial charge in [-0.05, 0) is 54.6 Å². The number of aliphatic hydroxyl groups excluding tert-OH is 1. The molecule has 0 aliphatic carbocycles. The number of hydrogen-bond donors (Lipinski definition) is 2. The van der Waals surface area contributed by atoms with Gasteiger partial charge in [-0.3, -0.25) is 4.79 Å². The fourth-order valence-electron chi connectivity index (χ4n) is 3.69. The molecule has 1 aliphatic heterocycles. The third-order valence-electron chi connectivity index (χ3n) is 5.12. The van der Waals surface area contributed by atoms with Crippen molar-refractivity contribution in [1.82, 2.24) is 4.90 Å². The smallest absolute Gasteiger partial charge is 0.217 e. The number of rotatable bonds is 6. The van der Waals surface area contributed by atoms with Gasteiger partial charge in [0.25, 0.3) is 0 Å². The second kappa shape index (κ2) is 7.77. The van der Waals surface area contributed by atoms with Crippen LogP contribution in [0.15, 0.2) is 42.5 Å². The Morgan fingerprint density at radius 3 is 2.62 bits per heavy atom. The largest absolute Gasteiger partial charge is 0.387 e. The molecule has 3 rings (SSSR count). The Morgan fingerprint density at radius 2 is 1.88 bits per heavy atom. The minimum absolute atomic E-state index is 0.205. The summed E-state index contributed by atoms with van der Waals surface area (Å²) >= 11 is 0. The third-order valence-corrected chi connectivity index (χ3v) is 5.12. The summed E-state index contributed by atoms with van der Waals surface area (Å²) in [7, 11) is 0. The average Bonchev–Trinajstić information content (AvgIpc) is 2.60. The standard InChI is InChI=1S/C20H26N2O2/c21-20(24)9-8-15-10-12-22(13-11-15)14-19(23)18-7-3-5-16-4-1-2-6-17(16)18/h1-7,15,19,23H,8-14H2,(H2,21,24)/t19-/m0/s1. The van der Waals surface area contributed by atoms with E-state index in [2.05, 4.69) is 23.1 Å². The maximum Gasteiger partial charge on any atom is 0.217 e. The Hall–Kier alpha value is -1.91. The van der Waals surface area contributed by atoms with Gasteiger partial charge in [0.05, 0.1) is 6.10 Å². The summed E-state index contributed by atoms with van der Waals surface area (Å²) in [4.78, 5) is 13.2. The molecular formula is C20H26N2O2. The fraction of sp³-hybridized carbons (Fsp3) is 0.450. The van der Waals surface area contributed by atoms with Crippen molar-refractivity contribution < 1.29 is 9.90 Å². The van der Waals surface area contributed by atoms with Crippen LogP contribution in [0.4, 0.5) is 0 Å². The quantitative estimate of drug-likeness (QED) is 0.858. The molecule has 1 heterocycles. The molecule has 0 saturated carbocycles. The van der Waals surface area contributed by atoms with E-state index in [1.54, 1.807) is 0 Å². The zero-order chi connectivity index (χ0) is 16.9. The Morgan fingerprint density at radius 1 is 1.17 bits per heavy atom. The zero-order valence-electron chi connectivity index (χ0n) is 14.0. The summed E-state index contributed by atoms with van der Waals surface area (Å²) in [5.74, 6) is 0.382. The maximum atomic E-state index is 10.9. The van der Waals surface area contributed by atoms with Gasteiger partial charge >= 0.3 is 0 Å². The van der Waals surface area contributed by atoms with Crippen LogP contribution in [-0.4, -0.2) is 35.5 Å². The summed E-state index contributed by atoms with van der Waals surface area (Å²) in [5.41, 5.74) is 6.23. The highest BCUT2D eigenvalue weighted by atomic mass is 16.3. The second-order valence-corrected chi connectivity index (χ2v) is 6.83. The van der Waals surface area contributed by atoms with Gasteiger partial charge in [-0.15, -0.1) is 0 Å². The van der Waals surface area contributed by atoms with Crippen molar-refractivity contribution in [2.24, 2.45) is 11.7 Å². The van der Waals surface area contributed by atoms with Crippen LogP contribution in [0.1, 0.15) is 37.4 Å². The van der Waals surface area contributed by atoms with Gasteiger partial charge in [0.15, 0.2) is 0 Å². The molecule has 3 N–H and O–H groups in total. The molecule has 1 atom stereocenters. The molecule has 0 bridgehead atoms. The lowest BCUT2D eigenvalue weighted by atomic mass is 9.91. The normalized spacial score (nSPS) is 17.9. The topological polar surface area (TPSA) is 66.6 Å². The number of nitrogens with two attached hydrogens (primary N) is 1. The first-order valence-corrected chi connectivity index (χ1v) is 8.80. The number of hydrogen-bond acceptors (Lipinski definition) is 3. The van der Waals surface area contributed by atoms with Crippen LogP contribution in [0.25, 0.3) is 10.8 Å². The Bertz CT molecular complexity index is 688. The Balaban J connectivity index is 1.58. The maximum absolute atomic E-state index is 10.9. The summed E-state index contributed by atoms with van der Waals surface area (Å²) in [6.07, 6.45) is 3.07. The molecule has 1 saturated heterocycles. The van der Waals surface area contributed by atoms with Crippen LogP contribution < -0.4 is 5.73 Å². The molecular weight excluding hydrogens is 300 g/mol. The van der Waals surface area contributed by atoms with E-state index >= 15 is 0 Å². The van der Waals surface area contributed by atoms with Crippen molar-refractivity contribution in [3.05, 3.63) is 48.0 Å². The molecule has 0 spiro atoms. The van der Waals surface area contributed by atoms with Crippen LogP contribution in [0, 0.1) is 5.92 Å². The second-order valence-electron chi connectivity index (χ2n) is 6.83. The number of amides is 1. The lowest BCUT2D eigenvalue weighted by molar-refractivity contribution is -0.118. The number of piperidine rings is 1. The monoisotopic (exact) mass is 326 g/mol. The molecule has 128 valence electrons. The summed E-state index contributed by atoms with van der Waals surface area (Å²) in [6.45, 7) is 2.62. The van der Waals surface area contributed by atoms with Crippen molar-refractivity contribution in [2.75, 3.05) is 19.6 Å². The average molecular weight is 326 g/mol. The first kappa shape index (κ1) is 16.9. The van der Waals surface area contributed by atoms with E-state index in [9.17, 15) is 9.90 Å². The van der Waals surface area contributed by atoms with Crippen molar-refractivity contribution in [2.45, 2.75) is 31.8 Å². The minimum Gasteiger partial charge on any atom is -0.387 e. The molecule has 2 aromatic carbocycles. The van der Waals surface area contributed by atoms with Gasteiger partial charge in [0.1, 0.15) is 0 Å². The van der Waals surface area contributed by atoms with E-state index in [-0.39, 0.29) is 5.91 Å². The van der Waals surface area contributed by atoms with E-state index in [0.29, 0.717) is 18.9 Å². The number of aliphatic hydroxyl groups is 1. The number of fused-ring (bicyclic) bond motifs is 1. The number of primary amides is 1. The summed E-state index contributed by atoms with van der Waals surface area (Å²) in [6, 6.07) is 14.3. The van der Waals surface area contributed by atoms with E-state index in [0.717, 1.165) is 43.3 Å². The molecule has 0 unspecified atom stereocenters. The minimum atomic E-state index is -0.474. The first-order valence-electron chi connectivity index (χ1n) is 8.80. The van der Waals surface area contributed by atoms with Crippen LogP contribution in [-0.2, 0) is 4.79 Å². The number of nitrogens with zero attached hydrogens (tertiary/aromatic N) is 1. The predicted molar refractivity (Wildman–Crippen MR) is 96.5 cm³/mol. The van der Waals surface area contributed by atoms with E-state index in [1.165, 1.54) is 5.39 Å². The van der Waals surface area contributed by atoms with Crippen LogP contribution >= 0.6 is 0 Å². The predicted octanol–water partition coefficient (Wildman–Crippen LogP) is 2.85. The molecule has 0 radical (unpaired) electrons. The first-order chi connectivity index (χ1) is 11.6. The van der Waals surface area contributed by atoms with Crippen LogP contribution in [0.2, 0.25) is 0 Å². The SMILES string of the molecule is NC(=O)CCC1CCN(C[C@H](O)c2cccc3ccccc23)CC1. The number of β-amino-alcohol motifs (C(OH)–C–C–N with tert-alkyl or cyclic N) is 1. The number of benzene rings is 2. The molecule has 1 aliphatic rings. The Kier molecular flexibility index (Phi) is 5.48. The lowest BCUT2D eigenvalue weighted by Gasteiger charge is -2.33. The van der Waals surface area contributed by atoms with E-state index in [1.807, 2.05) is 24.3 Å². The van der Waals surface area contributed by atoms with Gasteiger partial charge in [0.2, 0.25) is 5.91 Å². The molecule has 4 nitrogen and oxygen atoms in total. The van der Waals surface area contributed by atoms with Crippen LogP contribution in [0.5, 0.6) is 0 Å². The van der Waals surface area contributed by atoms with Gasteiger partial charge in [-0.25, -0.2) is 0 Å². The van der Waals surface area contributed by atoms with Gasteiger partial charge in [-0.1, -0.05) is 42.5 Å². The lowest BCUT2D eigenvalue weighted by Crippen LogP contribution is -2.36. The van der Waals surface area contributed by atoms with E-state index in [4.69, 9.17) is 5.73 Å². The molecule has 24 heavy (non-hydrogen) atoms. The molecule has 4 heteroatoms. The van der Waals surface area contributed by atoms with Crippen molar-refractivity contribution in [3.63, 3.8) is 0 Å². The highest BCUT2D eigenvalue weighted by molar-refractivity contribution is 5.85. The summed E-state index contributed by atoms with van der Waals surface area (Å²) < 4.78 is 0. The van der Waals surface area contributed by atoms with Gasteiger partial charge in [0, 0.05) is 13.0 Å². The van der Waals surface area contributed by atoms with E-state index < -0.39 is 6.10 Å². The highest BCUT2D eigenvalue weighted by Crippen LogP contribution is 2.27. The zero-order valence-corrected chi connectivity index (χ0v) is 14.0.